The van der Waals surface area contributed by atoms with E-state index in [-0.39, 0.29) is 5.75 Å². The van der Waals surface area contributed by atoms with Gasteiger partial charge < -0.3 is 14.2 Å². The maximum Gasteiger partial charge on any atom is 0.387 e. The molecule has 9 nitrogen and oxygen atoms in total. The average Bonchev–Trinajstić information content (AvgIpc) is 3.54. The molecule has 3 aromatic rings. The topological polar surface area (TPSA) is 108 Å². The summed E-state index contributed by atoms with van der Waals surface area (Å²) in [5.74, 6) is 0.519. The summed E-state index contributed by atoms with van der Waals surface area (Å²) in [5.41, 5.74) is 2.00. The van der Waals surface area contributed by atoms with Gasteiger partial charge in [-0.05, 0) is 42.7 Å². The highest BCUT2D eigenvalue weighted by Crippen LogP contribution is 2.53. The number of hydrogen-bond acceptors (Lipinski definition) is 7. The van der Waals surface area contributed by atoms with E-state index in [1.807, 2.05) is 0 Å². The fourth-order valence-electron chi connectivity index (χ4n) is 4.41. The minimum Gasteiger partial charge on any atom is -0.492 e. The third-order valence-corrected chi connectivity index (χ3v) is 8.20. The molecule has 1 aromatic carbocycles. The number of rotatable bonds is 9. The number of primary sulfonamides is 1. The van der Waals surface area contributed by atoms with E-state index in [0.717, 1.165) is 32.8 Å². The Bertz CT molecular complexity index is 1320. The van der Waals surface area contributed by atoms with E-state index in [9.17, 15) is 17.2 Å². The fourth-order valence-corrected chi connectivity index (χ4v) is 5.53. The van der Waals surface area contributed by atoms with Crippen molar-refractivity contribution in [1.82, 2.24) is 14.3 Å². The molecule has 1 aliphatic heterocycles. The number of sulfonamides is 1. The second-order valence-electron chi connectivity index (χ2n) is 8.70. The summed E-state index contributed by atoms with van der Waals surface area (Å²) >= 11 is 0. The van der Waals surface area contributed by atoms with E-state index in [1.165, 1.54) is 12.1 Å². The van der Waals surface area contributed by atoms with Gasteiger partial charge in [-0.2, -0.15) is 8.78 Å². The van der Waals surface area contributed by atoms with Gasteiger partial charge in [0, 0.05) is 37.5 Å². The Morgan fingerprint density at radius 3 is 2.60 bits per heavy atom. The first-order valence-electron chi connectivity index (χ1n) is 11.3. The van der Waals surface area contributed by atoms with Crippen LogP contribution in [-0.4, -0.2) is 68.8 Å². The molecule has 12 heteroatoms. The molecule has 1 saturated heterocycles. The van der Waals surface area contributed by atoms with Crippen LogP contribution in [-0.2, 0) is 19.5 Å². The molecule has 0 unspecified atom stereocenters. The van der Waals surface area contributed by atoms with Crippen molar-refractivity contribution >= 4 is 15.7 Å². The van der Waals surface area contributed by atoms with Crippen molar-refractivity contribution in [2.45, 2.75) is 24.2 Å². The van der Waals surface area contributed by atoms with E-state index < -0.39 is 21.4 Å². The van der Waals surface area contributed by atoms with Gasteiger partial charge in [0.1, 0.15) is 28.5 Å². The first-order chi connectivity index (χ1) is 16.7. The Hall–Kier alpha value is -2.80. The SMILES string of the molecule is NS(=O)(=O)C1(c2cc(OC(F)F)cc(-c3cnc4cc(OCCN5CCOCC5)ccn34)c2)CC1. The van der Waals surface area contributed by atoms with Crippen molar-refractivity contribution in [2.75, 3.05) is 39.5 Å². The lowest BCUT2D eigenvalue weighted by atomic mass is 10.0. The Morgan fingerprint density at radius 2 is 1.91 bits per heavy atom. The molecule has 2 aromatic heterocycles. The lowest BCUT2D eigenvalue weighted by Gasteiger charge is -2.26. The molecule has 0 atom stereocenters. The third-order valence-electron chi connectivity index (χ3n) is 6.47. The van der Waals surface area contributed by atoms with Gasteiger partial charge in [0.15, 0.2) is 0 Å². The molecule has 2 N–H and O–H groups in total. The largest absolute Gasteiger partial charge is 0.492 e. The van der Waals surface area contributed by atoms with Crippen LogP contribution < -0.4 is 14.6 Å². The molecule has 0 spiro atoms. The second-order valence-corrected chi connectivity index (χ2v) is 10.6. The van der Waals surface area contributed by atoms with Gasteiger partial charge in [-0.25, -0.2) is 18.5 Å². The molecule has 3 heterocycles. The van der Waals surface area contributed by atoms with Crippen LogP contribution in [0.5, 0.6) is 11.5 Å². The maximum atomic E-state index is 13.0. The fraction of sp³-hybridized carbons (Fsp3) is 0.435. The molecule has 5 rings (SSSR count). The highest BCUT2D eigenvalue weighted by Gasteiger charge is 2.54. The molecule has 35 heavy (non-hydrogen) atoms. The average molecular weight is 509 g/mol. The summed E-state index contributed by atoms with van der Waals surface area (Å²) in [6, 6.07) is 7.98. The molecular formula is C23H26F2N4O5S. The third kappa shape index (κ3) is 4.96. The Morgan fingerprint density at radius 1 is 1.14 bits per heavy atom. The smallest absolute Gasteiger partial charge is 0.387 e. The first kappa shape index (κ1) is 23.9. The zero-order chi connectivity index (χ0) is 24.6. The highest BCUT2D eigenvalue weighted by molar-refractivity contribution is 7.90. The number of nitrogens with zero attached hydrogens (tertiary/aromatic N) is 3. The summed E-state index contributed by atoms with van der Waals surface area (Å²) in [5, 5.41) is 5.47. The van der Waals surface area contributed by atoms with Crippen LogP contribution in [0.2, 0.25) is 0 Å². The number of imidazole rings is 1. The molecule has 2 aliphatic rings. The Kier molecular flexibility index (Phi) is 6.38. The zero-order valence-electron chi connectivity index (χ0n) is 18.9. The predicted molar refractivity (Wildman–Crippen MR) is 124 cm³/mol. The number of hydrogen-bond donors (Lipinski definition) is 1. The van der Waals surface area contributed by atoms with Crippen LogP contribution in [0.15, 0.2) is 42.7 Å². The quantitative estimate of drug-likeness (QED) is 0.473. The lowest BCUT2D eigenvalue weighted by Crippen LogP contribution is -2.38. The van der Waals surface area contributed by atoms with Crippen LogP contribution >= 0.6 is 0 Å². The summed E-state index contributed by atoms with van der Waals surface area (Å²) in [6.07, 6.45) is 4.01. The molecule has 0 radical (unpaired) electrons. The van der Waals surface area contributed by atoms with Gasteiger partial charge in [-0.3, -0.25) is 9.30 Å². The zero-order valence-corrected chi connectivity index (χ0v) is 19.7. The van der Waals surface area contributed by atoms with Gasteiger partial charge in [0.25, 0.3) is 0 Å². The number of nitrogens with two attached hydrogens (primary N) is 1. The van der Waals surface area contributed by atoms with Crippen LogP contribution in [0.25, 0.3) is 16.9 Å². The standard InChI is InChI=1S/C23H26F2N4O5S/c24-22(25)34-19-12-16(11-17(13-19)23(2-3-23)35(26,30)31)20-15-27-21-14-18(1-4-29(20)21)33-10-7-28-5-8-32-9-6-28/h1,4,11-15,22H,2-3,5-10H2,(H2,26,30,31). The van der Waals surface area contributed by atoms with E-state index in [0.29, 0.717) is 47.7 Å². The number of benzene rings is 1. The highest BCUT2D eigenvalue weighted by atomic mass is 32.2. The normalized spacial score (nSPS) is 18.2. The number of morpholine rings is 1. The number of pyridine rings is 1. The molecule has 0 bridgehead atoms. The monoisotopic (exact) mass is 508 g/mol. The second kappa shape index (κ2) is 9.34. The number of alkyl halides is 2. The molecule has 0 amide bonds. The summed E-state index contributed by atoms with van der Waals surface area (Å²) < 4.78 is 66.8. The van der Waals surface area contributed by atoms with Crippen molar-refractivity contribution in [3.05, 3.63) is 48.3 Å². The summed E-state index contributed by atoms with van der Waals surface area (Å²) in [6.45, 7) is 1.49. The van der Waals surface area contributed by atoms with Crippen molar-refractivity contribution in [1.29, 1.82) is 0 Å². The Labute approximate surface area is 201 Å². The van der Waals surface area contributed by atoms with Crippen molar-refractivity contribution in [3.8, 4) is 22.8 Å². The van der Waals surface area contributed by atoms with E-state index >= 15 is 0 Å². The minimum absolute atomic E-state index is 0.138. The van der Waals surface area contributed by atoms with Gasteiger partial charge in [-0.1, -0.05) is 0 Å². The van der Waals surface area contributed by atoms with Gasteiger partial charge in [0.2, 0.25) is 10.0 Å². The van der Waals surface area contributed by atoms with Crippen LogP contribution in [0.3, 0.4) is 0 Å². The van der Waals surface area contributed by atoms with Crippen LogP contribution in [0.1, 0.15) is 18.4 Å². The molecule has 1 aliphatic carbocycles. The van der Waals surface area contributed by atoms with E-state index in [4.69, 9.17) is 14.6 Å². The van der Waals surface area contributed by atoms with Gasteiger partial charge >= 0.3 is 6.61 Å². The summed E-state index contributed by atoms with van der Waals surface area (Å²) in [4.78, 5) is 6.70. The Balaban J connectivity index is 1.41. The number of fused-ring (bicyclic) bond motifs is 1. The van der Waals surface area contributed by atoms with Gasteiger partial charge in [0.05, 0.1) is 25.1 Å². The summed E-state index contributed by atoms with van der Waals surface area (Å²) in [7, 11) is -3.93. The maximum absolute atomic E-state index is 13.0. The van der Waals surface area contributed by atoms with E-state index in [2.05, 4.69) is 14.6 Å². The van der Waals surface area contributed by atoms with Crippen LogP contribution in [0, 0.1) is 0 Å². The van der Waals surface area contributed by atoms with Crippen molar-refractivity contribution in [3.63, 3.8) is 0 Å². The molecule has 188 valence electrons. The number of halogens is 2. The van der Waals surface area contributed by atoms with Crippen molar-refractivity contribution < 1.29 is 31.4 Å². The molecule has 1 saturated carbocycles. The van der Waals surface area contributed by atoms with Crippen molar-refractivity contribution in [2.24, 2.45) is 5.14 Å². The minimum atomic E-state index is -3.93. The van der Waals surface area contributed by atoms with Gasteiger partial charge in [-0.15, -0.1) is 0 Å². The number of aromatic nitrogens is 2. The first-order valence-corrected chi connectivity index (χ1v) is 12.8. The lowest BCUT2D eigenvalue weighted by molar-refractivity contribution is -0.0498. The molecule has 2 fully saturated rings. The molecular weight excluding hydrogens is 482 g/mol. The number of ether oxygens (including phenoxy) is 3. The van der Waals surface area contributed by atoms with E-state index in [1.54, 1.807) is 35.0 Å². The van der Waals surface area contributed by atoms with Crippen LogP contribution in [0.4, 0.5) is 8.78 Å². The predicted octanol–water partition coefficient (Wildman–Crippen LogP) is 2.59.